The summed E-state index contributed by atoms with van der Waals surface area (Å²) >= 11 is 0. The Balaban J connectivity index is 2.89. The Labute approximate surface area is 103 Å². The number of hydrogen-bond donors (Lipinski definition) is 1. The molecule has 0 aliphatic rings. The van der Waals surface area contributed by atoms with Crippen molar-refractivity contribution in [3.8, 4) is 0 Å². The fraction of sp³-hybridized carbons (Fsp3) is 0.500. The Bertz CT molecular complexity index is 430. The van der Waals surface area contributed by atoms with Crippen LogP contribution < -0.4 is 0 Å². The number of carboxylic acid groups (broad SMARTS) is 1. The lowest BCUT2D eigenvalue weighted by atomic mass is 10.1. The van der Waals surface area contributed by atoms with Crippen LogP contribution in [-0.2, 0) is 23.8 Å². The molecule has 1 N–H and O–H groups in total. The summed E-state index contributed by atoms with van der Waals surface area (Å²) in [5.74, 6) is -0.958. The first-order valence-corrected chi connectivity index (χ1v) is 5.62. The lowest BCUT2D eigenvalue weighted by Gasteiger charge is -2.11. The van der Waals surface area contributed by atoms with E-state index in [9.17, 15) is 18.0 Å². The lowest BCUT2D eigenvalue weighted by Crippen LogP contribution is -2.11. The molecule has 0 saturated carbocycles. The second-order valence-corrected chi connectivity index (χ2v) is 3.90. The molecule has 100 valence electrons. The zero-order valence-corrected chi connectivity index (χ0v) is 9.92. The summed E-state index contributed by atoms with van der Waals surface area (Å²) in [4.78, 5) is 14.0. The number of rotatable bonds is 5. The molecule has 0 aliphatic heterocycles. The van der Waals surface area contributed by atoms with E-state index in [2.05, 4.69) is 4.98 Å². The number of carbonyl (C=O) groups is 1. The van der Waals surface area contributed by atoms with Gasteiger partial charge in [0.1, 0.15) is 5.69 Å². The molecular formula is C12H14F3NO2. The molecule has 1 rings (SSSR count). The minimum atomic E-state index is -4.46. The summed E-state index contributed by atoms with van der Waals surface area (Å²) in [6.07, 6.45) is -3.42. The van der Waals surface area contributed by atoms with Crippen molar-refractivity contribution in [2.45, 2.75) is 38.8 Å². The van der Waals surface area contributed by atoms with Crippen LogP contribution in [0.3, 0.4) is 0 Å². The standard InChI is InChI=1S/C12H14F3NO2/c1-2-8-6-7-10(12(13,14)15)16-9(8)4-3-5-11(17)18/h6-7H,2-5H2,1H3,(H,17,18). The van der Waals surface area contributed by atoms with E-state index in [4.69, 9.17) is 5.11 Å². The molecule has 0 fully saturated rings. The summed E-state index contributed by atoms with van der Waals surface area (Å²) in [5, 5.41) is 8.50. The molecule has 6 heteroatoms. The predicted octanol–water partition coefficient (Wildman–Crippen LogP) is 3.07. The van der Waals surface area contributed by atoms with Crippen LogP contribution in [0.2, 0.25) is 0 Å². The van der Waals surface area contributed by atoms with Gasteiger partial charge in [-0.1, -0.05) is 13.0 Å². The van der Waals surface area contributed by atoms with Crippen molar-refractivity contribution < 1.29 is 23.1 Å². The van der Waals surface area contributed by atoms with Crippen LogP contribution in [0.5, 0.6) is 0 Å². The van der Waals surface area contributed by atoms with E-state index in [1.165, 1.54) is 6.07 Å². The van der Waals surface area contributed by atoms with Crippen molar-refractivity contribution in [2.75, 3.05) is 0 Å². The second-order valence-electron chi connectivity index (χ2n) is 3.90. The summed E-state index contributed by atoms with van der Waals surface area (Å²) in [7, 11) is 0. The van der Waals surface area contributed by atoms with Gasteiger partial charge in [0.25, 0.3) is 0 Å². The van der Waals surface area contributed by atoms with Crippen molar-refractivity contribution in [3.63, 3.8) is 0 Å². The monoisotopic (exact) mass is 261 g/mol. The van der Waals surface area contributed by atoms with E-state index < -0.39 is 17.8 Å². The normalized spacial score (nSPS) is 11.6. The first kappa shape index (κ1) is 14.5. The highest BCUT2D eigenvalue weighted by Gasteiger charge is 2.32. The fourth-order valence-electron chi connectivity index (χ4n) is 1.63. The number of pyridine rings is 1. The SMILES string of the molecule is CCc1ccc(C(F)(F)F)nc1CCCC(=O)O. The third kappa shape index (κ3) is 4.01. The van der Waals surface area contributed by atoms with Crippen LogP contribution in [0, 0.1) is 0 Å². The van der Waals surface area contributed by atoms with Gasteiger partial charge in [0.15, 0.2) is 0 Å². The minimum Gasteiger partial charge on any atom is -0.481 e. The molecule has 0 aromatic carbocycles. The summed E-state index contributed by atoms with van der Waals surface area (Å²) in [6.45, 7) is 1.82. The molecule has 0 radical (unpaired) electrons. The average Bonchev–Trinajstić information content (AvgIpc) is 2.27. The zero-order valence-electron chi connectivity index (χ0n) is 9.92. The number of nitrogens with zero attached hydrogens (tertiary/aromatic N) is 1. The molecule has 18 heavy (non-hydrogen) atoms. The van der Waals surface area contributed by atoms with Gasteiger partial charge in [-0.2, -0.15) is 13.2 Å². The van der Waals surface area contributed by atoms with Gasteiger partial charge in [0.05, 0.1) is 0 Å². The Morgan fingerprint density at radius 2 is 2.06 bits per heavy atom. The van der Waals surface area contributed by atoms with Gasteiger partial charge in [-0.05, 0) is 30.9 Å². The summed E-state index contributed by atoms with van der Waals surface area (Å²) < 4.78 is 37.5. The van der Waals surface area contributed by atoms with Crippen molar-refractivity contribution in [2.24, 2.45) is 0 Å². The predicted molar refractivity (Wildman–Crippen MR) is 59.2 cm³/mol. The lowest BCUT2D eigenvalue weighted by molar-refractivity contribution is -0.141. The minimum absolute atomic E-state index is 0.0684. The number of aliphatic carboxylic acids is 1. The van der Waals surface area contributed by atoms with Crippen molar-refractivity contribution >= 4 is 5.97 Å². The highest BCUT2D eigenvalue weighted by atomic mass is 19.4. The van der Waals surface area contributed by atoms with Crippen molar-refractivity contribution in [1.82, 2.24) is 4.98 Å². The molecule has 0 aliphatic carbocycles. The largest absolute Gasteiger partial charge is 0.481 e. The van der Waals surface area contributed by atoms with Crippen LogP contribution in [0.15, 0.2) is 12.1 Å². The number of alkyl halides is 3. The van der Waals surface area contributed by atoms with Crippen molar-refractivity contribution in [3.05, 3.63) is 29.1 Å². The molecule has 0 spiro atoms. The van der Waals surface area contributed by atoms with Gasteiger partial charge < -0.3 is 5.11 Å². The number of carboxylic acids is 1. The molecule has 1 heterocycles. The van der Waals surface area contributed by atoms with Gasteiger partial charge in [-0.25, -0.2) is 4.98 Å². The van der Waals surface area contributed by atoms with E-state index in [-0.39, 0.29) is 19.3 Å². The van der Waals surface area contributed by atoms with E-state index >= 15 is 0 Å². The summed E-state index contributed by atoms with van der Waals surface area (Å²) in [5.41, 5.74) is 0.145. The van der Waals surface area contributed by atoms with E-state index in [1.54, 1.807) is 0 Å². The molecule has 0 unspecified atom stereocenters. The van der Waals surface area contributed by atoms with E-state index in [1.807, 2.05) is 6.92 Å². The first-order valence-electron chi connectivity index (χ1n) is 5.62. The molecular weight excluding hydrogens is 247 g/mol. The first-order chi connectivity index (χ1) is 8.34. The highest BCUT2D eigenvalue weighted by molar-refractivity contribution is 5.66. The number of hydrogen-bond acceptors (Lipinski definition) is 2. The van der Waals surface area contributed by atoms with E-state index in [0.717, 1.165) is 11.6 Å². The summed E-state index contributed by atoms with van der Waals surface area (Å²) in [6, 6.07) is 2.37. The Morgan fingerprint density at radius 3 is 2.56 bits per heavy atom. The third-order valence-electron chi connectivity index (χ3n) is 2.54. The number of aryl methyl sites for hydroxylation is 2. The van der Waals surface area contributed by atoms with Gasteiger partial charge in [-0.3, -0.25) is 4.79 Å². The molecule has 0 bridgehead atoms. The van der Waals surface area contributed by atoms with Gasteiger partial charge in [0, 0.05) is 12.1 Å². The van der Waals surface area contributed by atoms with Gasteiger partial charge in [0.2, 0.25) is 0 Å². The smallest absolute Gasteiger partial charge is 0.433 e. The van der Waals surface area contributed by atoms with E-state index in [0.29, 0.717) is 12.1 Å². The Hall–Kier alpha value is -1.59. The quantitative estimate of drug-likeness (QED) is 0.886. The van der Waals surface area contributed by atoms with Crippen LogP contribution in [0.1, 0.15) is 36.7 Å². The molecule has 0 atom stereocenters. The molecule has 1 aromatic rings. The van der Waals surface area contributed by atoms with Crippen LogP contribution >= 0.6 is 0 Å². The third-order valence-corrected chi connectivity index (χ3v) is 2.54. The molecule has 0 amide bonds. The second kappa shape index (κ2) is 5.84. The maximum absolute atomic E-state index is 12.5. The fourth-order valence-corrected chi connectivity index (χ4v) is 1.63. The van der Waals surface area contributed by atoms with Crippen LogP contribution in [0.4, 0.5) is 13.2 Å². The molecule has 3 nitrogen and oxygen atoms in total. The van der Waals surface area contributed by atoms with Crippen LogP contribution in [-0.4, -0.2) is 16.1 Å². The molecule has 1 aromatic heterocycles. The maximum Gasteiger partial charge on any atom is 0.433 e. The topological polar surface area (TPSA) is 50.2 Å². The number of halogens is 3. The van der Waals surface area contributed by atoms with Gasteiger partial charge in [-0.15, -0.1) is 0 Å². The zero-order chi connectivity index (χ0) is 13.8. The molecule has 0 saturated heterocycles. The number of aromatic nitrogens is 1. The maximum atomic E-state index is 12.5. The van der Waals surface area contributed by atoms with Gasteiger partial charge >= 0.3 is 12.1 Å². The van der Waals surface area contributed by atoms with Crippen molar-refractivity contribution in [1.29, 1.82) is 0 Å². The Morgan fingerprint density at radius 1 is 1.39 bits per heavy atom. The highest BCUT2D eigenvalue weighted by Crippen LogP contribution is 2.28. The Kier molecular flexibility index (Phi) is 4.69. The van der Waals surface area contributed by atoms with Crippen LogP contribution in [0.25, 0.3) is 0 Å². The average molecular weight is 261 g/mol.